The highest BCUT2D eigenvalue weighted by Crippen LogP contribution is 2.48. The molecule has 0 N–H and O–H groups in total. The third-order valence-electron chi connectivity index (χ3n) is 7.67. The van der Waals surface area contributed by atoms with Gasteiger partial charge in [-0.15, -0.1) is 0 Å². The van der Waals surface area contributed by atoms with E-state index in [-0.39, 0.29) is 0 Å². The standard InChI is InChI=1S/C33H19N5S/c1-2-10-21-20(9-1)22-11-3-5-13-24(22)26-18-37(19-27(26)25-14-6-4-12-23(21)25)32-34-17-30-31(36-32)38-29-16-8-7-15-28(29)35-33(38)39-30/h1-19H. The molecular weight excluding hydrogens is 498 g/mol. The molecule has 9 rings (SSSR count). The van der Waals surface area contributed by atoms with Gasteiger partial charge in [0.1, 0.15) is 0 Å². The van der Waals surface area contributed by atoms with Crippen molar-refractivity contribution in [2.75, 3.05) is 0 Å². The van der Waals surface area contributed by atoms with Gasteiger partial charge in [-0.05, 0) is 45.5 Å². The van der Waals surface area contributed by atoms with E-state index in [1.54, 1.807) is 11.3 Å². The topological polar surface area (TPSA) is 48.0 Å². The zero-order chi connectivity index (χ0) is 25.5. The van der Waals surface area contributed by atoms with Crippen LogP contribution in [0.5, 0.6) is 0 Å². The molecular formula is C33H19N5S. The fourth-order valence-corrected chi connectivity index (χ4v) is 6.89. The summed E-state index contributed by atoms with van der Waals surface area (Å²) >= 11 is 1.62. The predicted octanol–water partition coefficient (Wildman–Crippen LogP) is 8.26. The highest BCUT2D eigenvalue weighted by atomic mass is 32.1. The van der Waals surface area contributed by atoms with Crippen LogP contribution in [0.15, 0.2) is 116 Å². The van der Waals surface area contributed by atoms with Crippen molar-refractivity contribution in [3.63, 3.8) is 0 Å². The lowest BCUT2D eigenvalue weighted by Gasteiger charge is -2.20. The van der Waals surface area contributed by atoms with Crippen LogP contribution in [0.2, 0.25) is 0 Å². The minimum absolute atomic E-state index is 0.638. The Morgan fingerprint density at radius 3 is 1.64 bits per heavy atom. The molecule has 39 heavy (non-hydrogen) atoms. The van der Waals surface area contributed by atoms with E-state index >= 15 is 0 Å². The van der Waals surface area contributed by atoms with E-state index in [0.29, 0.717) is 5.95 Å². The first-order chi connectivity index (χ1) is 19.3. The maximum Gasteiger partial charge on any atom is 0.235 e. The summed E-state index contributed by atoms with van der Waals surface area (Å²) in [6, 6.07) is 34.2. The number of para-hydroxylation sites is 2. The minimum Gasteiger partial charge on any atom is -0.291 e. The van der Waals surface area contributed by atoms with Crippen LogP contribution in [0.4, 0.5) is 0 Å². The van der Waals surface area contributed by atoms with Gasteiger partial charge in [0.15, 0.2) is 10.6 Å². The lowest BCUT2D eigenvalue weighted by molar-refractivity contribution is 0.947. The van der Waals surface area contributed by atoms with Crippen molar-refractivity contribution in [2.24, 2.45) is 0 Å². The van der Waals surface area contributed by atoms with Crippen LogP contribution in [0.25, 0.3) is 76.8 Å². The van der Waals surface area contributed by atoms with Gasteiger partial charge in [-0.1, -0.05) is 96.3 Å². The molecule has 0 radical (unpaired) electrons. The normalized spacial score (nSPS) is 12.1. The van der Waals surface area contributed by atoms with Crippen molar-refractivity contribution in [2.45, 2.75) is 0 Å². The fraction of sp³-hybridized carbons (Fsp3) is 0. The van der Waals surface area contributed by atoms with Crippen LogP contribution in [-0.4, -0.2) is 23.9 Å². The summed E-state index contributed by atoms with van der Waals surface area (Å²) in [7, 11) is 0. The Hall–Kier alpha value is -5.07. The number of hydrogen-bond donors (Lipinski definition) is 0. The maximum absolute atomic E-state index is 5.08. The highest BCUT2D eigenvalue weighted by Gasteiger charge is 2.23. The van der Waals surface area contributed by atoms with Gasteiger partial charge in [-0.3, -0.25) is 8.97 Å². The first-order valence-electron chi connectivity index (χ1n) is 12.9. The predicted molar refractivity (Wildman–Crippen MR) is 158 cm³/mol. The van der Waals surface area contributed by atoms with Crippen molar-refractivity contribution in [1.82, 2.24) is 23.9 Å². The molecule has 1 aliphatic carbocycles. The molecule has 0 saturated carbocycles. The van der Waals surface area contributed by atoms with Gasteiger partial charge in [0.25, 0.3) is 0 Å². The first-order valence-corrected chi connectivity index (χ1v) is 13.7. The molecule has 4 heterocycles. The van der Waals surface area contributed by atoms with Crippen molar-refractivity contribution in [3.8, 4) is 50.5 Å². The quantitative estimate of drug-likeness (QED) is 0.220. The van der Waals surface area contributed by atoms with Crippen molar-refractivity contribution < 1.29 is 0 Å². The minimum atomic E-state index is 0.638. The molecule has 182 valence electrons. The van der Waals surface area contributed by atoms with Gasteiger partial charge in [0.05, 0.1) is 21.9 Å². The number of benzene rings is 4. The number of imidazole rings is 1. The number of fused-ring (bicyclic) bond motifs is 13. The molecule has 1 aliphatic rings. The smallest absolute Gasteiger partial charge is 0.235 e. The van der Waals surface area contributed by atoms with Gasteiger partial charge in [-0.2, -0.15) is 4.98 Å². The number of aromatic nitrogens is 5. The molecule has 4 aromatic heterocycles. The van der Waals surface area contributed by atoms with E-state index in [0.717, 1.165) is 26.3 Å². The van der Waals surface area contributed by atoms with Gasteiger partial charge >= 0.3 is 0 Å². The van der Waals surface area contributed by atoms with Gasteiger partial charge < -0.3 is 0 Å². The monoisotopic (exact) mass is 517 g/mol. The number of rotatable bonds is 1. The average Bonchev–Trinajstić information content (AvgIpc) is 3.68. The Labute approximate surface area is 227 Å². The molecule has 0 spiro atoms. The first kappa shape index (κ1) is 20.9. The van der Waals surface area contributed by atoms with E-state index in [4.69, 9.17) is 15.0 Å². The Kier molecular flexibility index (Phi) is 4.14. The summed E-state index contributed by atoms with van der Waals surface area (Å²) in [4.78, 5) is 15.6. The van der Waals surface area contributed by atoms with E-state index < -0.39 is 0 Å². The van der Waals surface area contributed by atoms with Crippen LogP contribution in [0.1, 0.15) is 0 Å². The van der Waals surface area contributed by atoms with E-state index in [1.807, 2.05) is 24.4 Å². The Balaban J connectivity index is 1.33. The largest absolute Gasteiger partial charge is 0.291 e. The molecule has 0 fully saturated rings. The van der Waals surface area contributed by atoms with Gasteiger partial charge in [0.2, 0.25) is 5.95 Å². The molecule has 0 aliphatic heterocycles. The van der Waals surface area contributed by atoms with Gasteiger partial charge in [0, 0.05) is 23.5 Å². The highest BCUT2D eigenvalue weighted by molar-refractivity contribution is 7.23. The second-order valence-corrected chi connectivity index (χ2v) is 10.8. The summed E-state index contributed by atoms with van der Waals surface area (Å²) in [5.74, 6) is 0.638. The second kappa shape index (κ2) is 7.72. The Morgan fingerprint density at radius 1 is 0.538 bits per heavy atom. The van der Waals surface area contributed by atoms with Crippen molar-refractivity contribution in [3.05, 3.63) is 116 Å². The van der Waals surface area contributed by atoms with E-state index in [9.17, 15) is 0 Å². The van der Waals surface area contributed by atoms with E-state index in [2.05, 4.69) is 100 Å². The SMILES string of the molecule is c1ccc2c(c1)-c1ccccc1-c1cn(-c3ncc4sc5nc6ccccc6n5c4n3)cc1-c1ccccc1-2. The van der Waals surface area contributed by atoms with Crippen LogP contribution in [0.3, 0.4) is 0 Å². The van der Waals surface area contributed by atoms with Crippen molar-refractivity contribution in [1.29, 1.82) is 0 Å². The lowest BCUT2D eigenvalue weighted by atomic mass is 9.82. The molecule has 6 heteroatoms. The summed E-state index contributed by atoms with van der Waals surface area (Å²) < 4.78 is 5.22. The van der Waals surface area contributed by atoms with Crippen LogP contribution in [0, 0.1) is 0 Å². The van der Waals surface area contributed by atoms with Crippen LogP contribution >= 0.6 is 11.3 Å². The Morgan fingerprint density at radius 2 is 1.05 bits per heavy atom. The Bertz CT molecular complexity index is 2170. The number of hydrogen-bond acceptors (Lipinski definition) is 4. The van der Waals surface area contributed by atoms with Crippen molar-refractivity contribution >= 4 is 37.7 Å². The molecule has 0 saturated heterocycles. The van der Waals surface area contributed by atoms with Crippen LogP contribution < -0.4 is 0 Å². The molecule has 8 aromatic rings. The van der Waals surface area contributed by atoms with Gasteiger partial charge in [-0.25, -0.2) is 9.97 Å². The van der Waals surface area contributed by atoms with E-state index in [1.165, 1.54) is 44.5 Å². The summed E-state index contributed by atoms with van der Waals surface area (Å²) in [6.07, 6.45) is 6.27. The third-order valence-corrected chi connectivity index (χ3v) is 8.63. The zero-order valence-corrected chi connectivity index (χ0v) is 21.4. The molecule has 0 bridgehead atoms. The maximum atomic E-state index is 5.08. The second-order valence-electron chi connectivity index (χ2n) is 9.81. The number of nitrogens with zero attached hydrogens (tertiary/aromatic N) is 5. The summed E-state index contributed by atoms with van der Waals surface area (Å²) in [5.41, 5.74) is 12.6. The van der Waals surface area contributed by atoms with Crippen LogP contribution in [-0.2, 0) is 0 Å². The summed E-state index contributed by atoms with van der Waals surface area (Å²) in [6.45, 7) is 0. The average molecular weight is 518 g/mol. The molecule has 0 unspecified atom stereocenters. The molecule has 0 amide bonds. The molecule has 0 atom stereocenters. The lowest BCUT2D eigenvalue weighted by Crippen LogP contribution is -1.99. The third kappa shape index (κ3) is 2.92. The zero-order valence-electron chi connectivity index (χ0n) is 20.6. The fourth-order valence-electron chi connectivity index (χ4n) is 5.94. The molecule has 4 aromatic carbocycles. The molecule has 5 nitrogen and oxygen atoms in total. The number of thiazole rings is 1. The summed E-state index contributed by atoms with van der Waals surface area (Å²) in [5, 5.41) is 0.